The third kappa shape index (κ3) is 5.89. The van der Waals surface area contributed by atoms with Gasteiger partial charge >= 0.3 is 0 Å². The van der Waals surface area contributed by atoms with Gasteiger partial charge in [0.05, 0.1) is 0 Å². The van der Waals surface area contributed by atoms with Gasteiger partial charge in [0.25, 0.3) is 0 Å². The van der Waals surface area contributed by atoms with E-state index in [1.807, 2.05) is 23.0 Å². The number of hydrogen-bond acceptors (Lipinski definition) is 5. The van der Waals surface area contributed by atoms with E-state index in [-0.39, 0.29) is 24.0 Å². The highest BCUT2D eigenvalue weighted by Crippen LogP contribution is 2.36. The highest BCUT2D eigenvalue weighted by atomic mass is 127. The molecule has 7 nitrogen and oxygen atoms in total. The fourth-order valence-corrected chi connectivity index (χ4v) is 4.54. The second kappa shape index (κ2) is 11.0. The normalized spacial score (nSPS) is 20.9. The van der Waals surface area contributed by atoms with Crippen molar-refractivity contribution in [3.63, 3.8) is 0 Å². The standard InChI is InChI=1S/C18H29N7S.HI/c1-4-19-18(21-12-16-23-22-13-25(16)3)20-11-14-7-5-9-24(2)17(14)15-8-6-10-26-15;/h6,8,10,13-14,17H,4-5,7,9,11-12H2,1-3H3,(H2,19,20,21);1H. The van der Waals surface area contributed by atoms with Gasteiger partial charge in [-0.3, -0.25) is 4.90 Å². The van der Waals surface area contributed by atoms with Crippen molar-refractivity contribution in [2.45, 2.75) is 32.4 Å². The molecule has 1 fully saturated rings. The van der Waals surface area contributed by atoms with Crippen molar-refractivity contribution in [1.29, 1.82) is 0 Å². The van der Waals surface area contributed by atoms with Crippen LogP contribution in [0.1, 0.15) is 36.5 Å². The molecule has 0 aromatic carbocycles. The fourth-order valence-electron chi connectivity index (χ4n) is 3.55. The number of nitrogens with zero attached hydrogens (tertiary/aromatic N) is 5. The van der Waals surface area contributed by atoms with Gasteiger partial charge in [-0.15, -0.1) is 45.5 Å². The summed E-state index contributed by atoms with van der Waals surface area (Å²) in [7, 11) is 4.18. The maximum atomic E-state index is 4.67. The van der Waals surface area contributed by atoms with E-state index in [0.29, 0.717) is 18.5 Å². The molecule has 1 saturated heterocycles. The maximum absolute atomic E-state index is 4.67. The van der Waals surface area contributed by atoms with E-state index in [4.69, 9.17) is 0 Å². The molecule has 0 saturated carbocycles. The molecule has 3 rings (SSSR count). The lowest BCUT2D eigenvalue weighted by Gasteiger charge is -2.39. The SMILES string of the molecule is CCNC(=NCc1nncn1C)NCC1CCCN(C)C1c1cccs1.I. The first kappa shape index (κ1) is 22.1. The van der Waals surface area contributed by atoms with Crippen LogP contribution in [0.2, 0.25) is 0 Å². The van der Waals surface area contributed by atoms with E-state index >= 15 is 0 Å². The Hall–Kier alpha value is -1.20. The summed E-state index contributed by atoms with van der Waals surface area (Å²) >= 11 is 1.86. The second-order valence-corrected chi connectivity index (χ2v) is 7.76. The van der Waals surface area contributed by atoms with Crippen molar-refractivity contribution in [2.75, 3.05) is 26.7 Å². The zero-order chi connectivity index (χ0) is 18.4. The number of nitrogens with one attached hydrogen (secondary N) is 2. The summed E-state index contributed by atoms with van der Waals surface area (Å²) in [5.41, 5.74) is 0. The zero-order valence-corrected chi connectivity index (χ0v) is 19.4. The van der Waals surface area contributed by atoms with Crippen molar-refractivity contribution in [3.8, 4) is 0 Å². The van der Waals surface area contributed by atoms with Gasteiger partial charge < -0.3 is 15.2 Å². The summed E-state index contributed by atoms with van der Waals surface area (Å²) < 4.78 is 1.90. The molecule has 9 heteroatoms. The van der Waals surface area contributed by atoms with Crippen molar-refractivity contribution in [2.24, 2.45) is 18.0 Å². The van der Waals surface area contributed by atoms with Crippen LogP contribution >= 0.6 is 35.3 Å². The predicted octanol–water partition coefficient (Wildman–Crippen LogP) is 2.63. The van der Waals surface area contributed by atoms with E-state index in [1.165, 1.54) is 24.3 Å². The fraction of sp³-hybridized carbons (Fsp3) is 0.611. The Balaban J connectivity index is 0.00000261. The van der Waals surface area contributed by atoms with Crippen LogP contribution in [0.4, 0.5) is 0 Å². The van der Waals surface area contributed by atoms with E-state index in [1.54, 1.807) is 6.33 Å². The van der Waals surface area contributed by atoms with Crippen LogP contribution < -0.4 is 10.6 Å². The summed E-state index contributed by atoms with van der Waals surface area (Å²) in [6.07, 6.45) is 4.19. The molecule has 0 radical (unpaired) electrons. The number of likely N-dealkylation sites (tertiary alicyclic amines) is 1. The topological polar surface area (TPSA) is 70.4 Å². The number of aromatic nitrogens is 3. The smallest absolute Gasteiger partial charge is 0.191 e. The average molecular weight is 503 g/mol. The number of piperidine rings is 1. The molecule has 1 aliphatic rings. The minimum absolute atomic E-state index is 0. The minimum Gasteiger partial charge on any atom is -0.357 e. The molecule has 3 heterocycles. The van der Waals surface area contributed by atoms with Crippen LogP contribution in [0.3, 0.4) is 0 Å². The highest BCUT2D eigenvalue weighted by molar-refractivity contribution is 14.0. The maximum Gasteiger partial charge on any atom is 0.191 e. The monoisotopic (exact) mass is 503 g/mol. The summed E-state index contributed by atoms with van der Waals surface area (Å²) in [5, 5.41) is 17.1. The number of rotatable bonds is 6. The molecule has 2 aromatic heterocycles. The first-order valence-electron chi connectivity index (χ1n) is 9.27. The number of hydrogen-bond donors (Lipinski definition) is 2. The van der Waals surface area contributed by atoms with Crippen LogP contribution in [0.5, 0.6) is 0 Å². The van der Waals surface area contributed by atoms with Gasteiger partial charge in [-0.2, -0.15) is 0 Å². The third-order valence-electron chi connectivity index (χ3n) is 4.90. The van der Waals surface area contributed by atoms with E-state index < -0.39 is 0 Å². The van der Waals surface area contributed by atoms with Crippen LogP contribution in [-0.2, 0) is 13.6 Å². The Morgan fingerprint density at radius 3 is 2.89 bits per heavy atom. The molecule has 2 aromatic rings. The number of guanidine groups is 1. The molecular weight excluding hydrogens is 473 g/mol. The van der Waals surface area contributed by atoms with E-state index in [2.05, 4.69) is 62.2 Å². The zero-order valence-electron chi connectivity index (χ0n) is 16.3. The van der Waals surface area contributed by atoms with Gasteiger partial charge in [-0.1, -0.05) is 6.07 Å². The Bertz CT molecular complexity index is 700. The Labute approximate surface area is 182 Å². The number of halogens is 1. The van der Waals surface area contributed by atoms with Gasteiger partial charge in [0.2, 0.25) is 0 Å². The molecule has 2 atom stereocenters. The first-order valence-corrected chi connectivity index (χ1v) is 10.2. The van der Waals surface area contributed by atoms with Gasteiger partial charge in [0.1, 0.15) is 12.9 Å². The van der Waals surface area contributed by atoms with Crippen molar-refractivity contribution < 1.29 is 0 Å². The van der Waals surface area contributed by atoms with Gasteiger partial charge in [-0.05, 0) is 50.7 Å². The lowest BCUT2D eigenvalue weighted by atomic mass is 9.88. The second-order valence-electron chi connectivity index (χ2n) is 6.78. The first-order chi connectivity index (χ1) is 12.7. The summed E-state index contributed by atoms with van der Waals surface area (Å²) in [6.45, 7) is 5.52. The summed E-state index contributed by atoms with van der Waals surface area (Å²) in [5.74, 6) is 2.27. The molecule has 0 bridgehead atoms. The van der Waals surface area contributed by atoms with Crippen molar-refractivity contribution >= 4 is 41.3 Å². The molecule has 27 heavy (non-hydrogen) atoms. The van der Waals surface area contributed by atoms with Gasteiger partial charge in [0.15, 0.2) is 11.8 Å². The van der Waals surface area contributed by atoms with E-state index in [9.17, 15) is 0 Å². The molecule has 0 aliphatic carbocycles. The lowest BCUT2D eigenvalue weighted by molar-refractivity contribution is 0.125. The number of aliphatic imine (C=N–C) groups is 1. The predicted molar refractivity (Wildman–Crippen MR) is 122 cm³/mol. The number of aryl methyl sites for hydroxylation is 1. The molecule has 1 aliphatic heterocycles. The third-order valence-corrected chi connectivity index (χ3v) is 5.84. The van der Waals surface area contributed by atoms with Crippen LogP contribution in [0.15, 0.2) is 28.8 Å². The Morgan fingerprint density at radius 1 is 1.37 bits per heavy atom. The van der Waals surface area contributed by atoms with Crippen LogP contribution in [0.25, 0.3) is 0 Å². The quantitative estimate of drug-likeness (QED) is 0.361. The minimum atomic E-state index is 0. The van der Waals surface area contributed by atoms with Gasteiger partial charge in [-0.25, -0.2) is 4.99 Å². The van der Waals surface area contributed by atoms with E-state index in [0.717, 1.165) is 24.9 Å². The molecule has 0 spiro atoms. The Morgan fingerprint density at radius 2 is 2.22 bits per heavy atom. The summed E-state index contributed by atoms with van der Waals surface area (Å²) in [6, 6.07) is 4.90. The van der Waals surface area contributed by atoms with Crippen LogP contribution in [0, 0.1) is 5.92 Å². The highest BCUT2D eigenvalue weighted by Gasteiger charge is 2.31. The largest absolute Gasteiger partial charge is 0.357 e. The summed E-state index contributed by atoms with van der Waals surface area (Å²) in [4.78, 5) is 8.62. The van der Waals surface area contributed by atoms with Crippen molar-refractivity contribution in [1.82, 2.24) is 30.3 Å². The van der Waals surface area contributed by atoms with Gasteiger partial charge in [0, 0.05) is 31.1 Å². The molecule has 0 amide bonds. The molecular formula is C18H30IN7S. The molecule has 2 unspecified atom stereocenters. The lowest BCUT2D eigenvalue weighted by Crippen LogP contribution is -2.44. The average Bonchev–Trinajstić information content (AvgIpc) is 3.29. The Kier molecular flexibility index (Phi) is 8.97. The molecule has 2 N–H and O–H groups in total. The van der Waals surface area contributed by atoms with Crippen LogP contribution in [-0.4, -0.2) is 52.3 Å². The van der Waals surface area contributed by atoms with Crippen molar-refractivity contribution in [3.05, 3.63) is 34.5 Å². The number of thiophene rings is 1. The molecule has 150 valence electrons.